The Hall–Kier alpha value is -0.940. The third-order valence-corrected chi connectivity index (χ3v) is 3.64. The van der Waals surface area contributed by atoms with Crippen LogP contribution in [0.2, 0.25) is 0 Å². The lowest BCUT2D eigenvalue weighted by Crippen LogP contribution is -2.33. The Bertz CT molecular complexity index is 335. The molecule has 2 heterocycles. The van der Waals surface area contributed by atoms with E-state index in [0.29, 0.717) is 18.0 Å². The van der Waals surface area contributed by atoms with Gasteiger partial charge in [0.25, 0.3) is 0 Å². The number of nitrogens with one attached hydrogen (secondary N) is 1. The van der Waals surface area contributed by atoms with Gasteiger partial charge in [-0.15, -0.1) is 11.3 Å². The van der Waals surface area contributed by atoms with Crippen molar-refractivity contribution >= 4 is 17.2 Å². The van der Waals surface area contributed by atoms with Gasteiger partial charge in [-0.2, -0.15) is 0 Å². The Morgan fingerprint density at radius 1 is 1.79 bits per heavy atom. The summed E-state index contributed by atoms with van der Waals surface area (Å²) in [5.41, 5.74) is -0.993. The van der Waals surface area contributed by atoms with E-state index in [0.717, 1.165) is 0 Å². The molecule has 5 heteroatoms. The van der Waals surface area contributed by atoms with Crippen LogP contribution in [0.1, 0.15) is 18.4 Å². The van der Waals surface area contributed by atoms with Crippen molar-refractivity contribution in [3.05, 3.63) is 16.6 Å². The zero-order valence-electron chi connectivity index (χ0n) is 7.86. The summed E-state index contributed by atoms with van der Waals surface area (Å²) in [7, 11) is 0. The Balaban J connectivity index is 2.20. The number of thiazole rings is 1. The van der Waals surface area contributed by atoms with Gasteiger partial charge in [0.2, 0.25) is 5.91 Å². The average Bonchev–Trinajstić information content (AvgIpc) is 2.72. The van der Waals surface area contributed by atoms with Crippen molar-refractivity contribution in [1.29, 1.82) is 0 Å². The number of hydrogen-bond donors (Lipinski definition) is 2. The maximum absolute atomic E-state index is 11.0. The first-order chi connectivity index (χ1) is 6.60. The van der Waals surface area contributed by atoms with Gasteiger partial charge in [0.05, 0.1) is 0 Å². The van der Waals surface area contributed by atoms with Crippen LogP contribution in [0.25, 0.3) is 0 Å². The van der Waals surface area contributed by atoms with Crippen molar-refractivity contribution in [2.24, 2.45) is 5.92 Å². The van der Waals surface area contributed by atoms with Crippen molar-refractivity contribution in [2.45, 2.75) is 18.9 Å². The largest absolute Gasteiger partial charge is 0.383 e. The number of rotatable bonds is 2. The number of nitrogens with zero attached hydrogens (tertiary/aromatic N) is 1. The Morgan fingerprint density at radius 2 is 2.57 bits per heavy atom. The number of aromatic nitrogens is 1. The second kappa shape index (κ2) is 3.33. The summed E-state index contributed by atoms with van der Waals surface area (Å²) in [6.45, 7) is 2.25. The average molecular weight is 212 g/mol. The van der Waals surface area contributed by atoms with E-state index >= 15 is 0 Å². The molecular weight excluding hydrogens is 200 g/mol. The smallest absolute Gasteiger partial charge is 0.220 e. The molecule has 0 bridgehead atoms. The van der Waals surface area contributed by atoms with Crippen LogP contribution >= 0.6 is 11.3 Å². The molecular formula is C9H12N2O2S. The van der Waals surface area contributed by atoms with Crippen LogP contribution in [0.4, 0.5) is 0 Å². The van der Waals surface area contributed by atoms with E-state index in [-0.39, 0.29) is 11.8 Å². The van der Waals surface area contributed by atoms with E-state index in [9.17, 15) is 9.90 Å². The molecule has 14 heavy (non-hydrogen) atoms. The first-order valence-electron chi connectivity index (χ1n) is 4.49. The monoisotopic (exact) mass is 212 g/mol. The summed E-state index contributed by atoms with van der Waals surface area (Å²) in [6.07, 6.45) is 2.05. The maximum Gasteiger partial charge on any atom is 0.220 e. The first kappa shape index (κ1) is 9.61. The normalized spacial score (nSPS) is 25.9. The fourth-order valence-corrected chi connectivity index (χ4v) is 2.43. The summed E-state index contributed by atoms with van der Waals surface area (Å²) in [6, 6.07) is 0. The Morgan fingerprint density at radius 3 is 3.07 bits per heavy atom. The molecule has 1 aliphatic rings. The fourth-order valence-electron chi connectivity index (χ4n) is 1.65. The quantitative estimate of drug-likeness (QED) is 0.750. The van der Waals surface area contributed by atoms with Gasteiger partial charge < -0.3 is 10.4 Å². The minimum Gasteiger partial charge on any atom is -0.383 e. The van der Waals surface area contributed by atoms with Crippen molar-refractivity contribution < 1.29 is 9.90 Å². The van der Waals surface area contributed by atoms with E-state index in [2.05, 4.69) is 10.3 Å². The molecule has 1 aliphatic heterocycles. The summed E-state index contributed by atoms with van der Waals surface area (Å²) in [5.74, 6) is -0.0621. The van der Waals surface area contributed by atoms with E-state index in [1.807, 2.05) is 5.38 Å². The zero-order valence-corrected chi connectivity index (χ0v) is 8.67. The predicted molar refractivity (Wildman–Crippen MR) is 52.8 cm³/mol. The number of carbonyl (C=O) groups is 1. The standard InChI is InChI=1S/C9H12N2O2S/c1-9(13,8-10-2-3-14-8)6-4-7(12)11-5-6/h2-3,6,13H,4-5H2,1H3,(H,11,12)/t6-,9-/m1/s1. The molecule has 0 aromatic carbocycles. The van der Waals surface area contributed by atoms with Gasteiger partial charge in [-0.05, 0) is 6.92 Å². The van der Waals surface area contributed by atoms with E-state index in [1.54, 1.807) is 13.1 Å². The van der Waals surface area contributed by atoms with Crippen molar-refractivity contribution in [2.75, 3.05) is 6.54 Å². The summed E-state index contributed by atoms with van der Waals surface area (Å²) < 4.78 is 0. The van der Waals surface area contributed by atoms with Crippen LogP contribution in [0.15, 0.2) is 11.6 Å². The lowest BCUT2D eigenvalue weighted by atomic mass is 9.89. The van der Waals surface area contributed by atoms with Crippen LogP contribution in [-0.4, -0.2) is 22.5 Å². The molecule has 0 aliphatic carbocycles. The van der Waals surface area contributed by atoms with Crippen molar-refractivity contribution in [1.82, 2.24) is 10.3 Å². The van der Waals surface area contributed by atoms with Gasteiger partial charge in [0, 0.05) is 30.5 Å². The first-order valence-corrected chi connectivity index (χ1v) is 5.37. The SMILES string of the molecule is C[C@](O)(c1nccs1)[C@H]1CNC(=O)C1. The molecule has 76 valence electrons. The molecule has 1 amide bonds. The predicted octanol–water partition coefficient (Wildman–Crippen LogP) is 0.487. The molecule has 4 nitrogen and oxygen atoms in total. The molecule has 2 rings (SSSR count). The number of amides is 1. The minimum atomic E-state index is -0.993. The fraction of sp³-hybridized carbons (Fsp3) is 0.556. The molecule has 1 aromatic heterocycles. The van der Waals surface area contributed by atoms with E-state index < -0.39 is 5.60 Å². The number of hydrogen-bond acceptors (Lipinski definition) is 4. The molecule has 0 unspecified atom stereocenters. The highest BCUT2D eigenvalue weighted by Crippen LogP contribution is 2.34. The molecule has 1 aromatic rings. The minimum absolute atomic E-state index is 0.00633. The number of carbonyl (C=O) groups excluding carboxylic acids is 1. The van der Waals surface area contributed by atoms with Crippen LogP contribution in [-0.2, 0) is 10.4 Å². The third kappa shape index (κ3) is 1.53. The molecule has 1 fully saturated rings. The molecule has 2 N–H and O–H groups in total. The van der Waals surface area contributed by atoms with Gasteiger partial charge >= 0.3 is 0 Å². The van der Waals surface area contributed by atoms with Gasteiger partial charge in [0.1, 0.15) is 10.6 Å². The van der Waals surface area contributed by atoms with Crippen LogP contribution in [0.3, 0.4) is 0 Å². The highest BCUT2D eigenvalue weighted by atomic mass is 32.1. The van der Waals surface area contributed by atoms with Gasteiger partial charge in [-0.3, -0.25) is 4.79 Å². The Labute approximate surface area is 86.0 Å². The van der Waals surface area contributed by atoms with Crippen molar-refractivity contribution in [3.8, 4) is 0 Å². The molecule has 1 saturated heterocycles. The summed E-state index contributed by atoms with van der Waals surface area (Å²) in [5, 5.41) is 15.5. The van der Waals surface area contributed by atoms with Gasteiger partial charge in [-0.25, -0.2) is 4.98 Å². The molecule has 0 saturated carbocycles. The maximum atomic E-state index is 11.0. The second-order valence-corrected chi connectivity index (χ2v) is 4.58. The van der Waals surface area contributed by atoms with Crippen LogP contribution in [0, 0.1) is 5.92 Å². The second-order valence-electron chi connectivity index (χ2n) is 3.69. The molecule has 0 spiro atoms. The third-order valence-electron chi connectivity index (χ3n) is 2.64. The summed E-state index contributed by atoms with van der Waals surface area (Å²) >= 11 is 1.42. The Kier molecular flexibility index (Phi) is 2.28. The lowest BCUT2D eigenvalue weighted by molar-refractivity contribution is -0.120. The highest BCUT2D eigenvalue weighted by molar-refractivity contribution is 7.09. The lowest BCUT2D eigenvalue weighted by Gasteiger charge is -2.26. The topological polar surface area (TPSA) is 62.2 Å². The van der Waals surface area contributed by atoms with Crippen LogP contribution in [0.5, 0.6) is 0 Å². The molecule has 0 radical (unpaired) electrons. The van der Waals surface area contributed by atoms with Crippen LogP contribution < -0.4 is 5.32 Å². The molecule has 2 atom stereocenters. The number of aliphatic hydroxyl groups is 1. The summed E-state index contributed by atoms with van der Waals surface area (Å²) in [4.78, 5) is 15.1. The van der Waals surface area contributed by atoms with Gasteiger partial charge in [-0.1, -0.05) is 0 Å². The van der Waals surface area contributed by atoms with Crippen molar-refractivity contribution in [3.63, 3.8) is 0 Å². The highest BCUT2D eigenvalue weighted by Gasteiger charge is 2.40. The van der Waals surface area contributed by atoms with E-state index in [1.165, 1.54) is 11.3 Å². The zero-order chi connectivity index (χ0) is 10.2. The van der Waals surface area contributed by atoms with Gasteiger partial charge in [0.15, 0.2) is 0 Å². The van der Waals surface area contributed by atoms with E-state index in [4.69, 9.17) is 0 Å².